The van der Waals surface area contributed by atoms with Gasteiger partial charge in [-0.1, -0.05) is 25.1 Å². The van der Waals surface area contributed by atoms with Gasteiger partial charge in [-0.05, 0) is 52.9 Å². The third kappa shape index (κ3) is 3.10. The summed E-state index contributed by atoms with van der Waals surface area (Å²) in [5, 5.41) is 10.8. The number of fused-ring (bicyclic) bond motifs is 1. The Kier molecular flexibility index (Phi) is 4.94. The summed E-state index contributed by atoms with van der Waals surface area (Å²) in [7, 11) is 0. The van der Waals surface area contributed by atoms with Crippen molar-refractivity contribution in [2.75, 3.05) is 6.26 Å². The second-order valence-electron chi connectivity index (χ2n) is 6.84. The lowest BCUT2D eigenvalue weighted by Crippen LogP contribution is -2.35. The fourth-order valence-electron chi connectivity index (χ4n) is 3.88. The molecule has 1 aliphatic carbocycles. The Morgan fingerprint density at radius 3 is 2.92 bits per heavy atom. The minimum atomic E-state index is -0.836. The van der Waals surface area contributed by atoms with Crippen LogP contribution in [-0.2, 0) is 4.79 Å². The lowest BCUT2D eigenvalue weighted by molar-refractivity contribution is -0.140. The van der Waals surface area contributed by atoms with E-state index in [2.05, 4.69) is 25.9 Å². The van der Waals surface area contributed by atoms with Crippen LogP contribution in [0.2, 0.25) is 0 Å². The summed E-state index contributed by atoms with van der Waals surface area (Å²) in [6, 6.07) is -0.194. The molecular formula is C17H20BrN3O3S. The van der Waals surface area contributed by atoms with Gasteiger partial charge in [-0.3, -0.25) is 14.2 Å². The summed E-state index contributed by atoms with van der Waals surface area (Å²) in [6.07, 6.45) is 6.12. The van der Waals surface area contributed by atoms with Gasteiger partial charge >= 0.3 is 5.97 Å². The maximum absolute atomic E-state index is 13.1. The van der Waals surface area contributed by atoms with E-state index < -0.39 is 11.4 Å². The number of halogens is 1. The van der Waals surface area contributed by atoms with Crippen LogP contribution in [0, 0.1) is 12.3 Å². The van der Waals surface area contributed by atoms with Crippen molar-refractivity contribution >= 4 is 44.7 Å². The van der Waals surface area contributed by atoms with Crippen molar-refractivity contribution in [3.8, 4) is 0 Å². The first kappa shape index (κ1) is 18.4. The summed E-state index contributed by atoms with van der Waals surface area (Å²) in [4.78, 5) is 33.4. The molecule has 2 heterocycles. The van der Waals surface area contributed by atoms with Crippen LogP contribution in [0.1, 0.15) is 44.2 Å². The van der Waals surface area contributed by atoms with Crippen molar-refractivity contribution < 1.29 is 9.90 Å². The molecule has 0 radical (unpaired) electrons. The van der Waals surface area contributed by atoms with Crippen molar-refractivity contribution in [2.45, 2.75) is 50.7 Å². The first-order chi connectivity index (χ1) is 11.8. The van der Waals surface area contributed by atoms with Gasteiger partial charge in [0.2, 0.25) is 0 Å². The number of hydrogen-bond acceptors (Lipinski definition) is 5. The second-order valence-corrected chi connectivity index (χ2v) is 8.41. The second kappa shape index (κ2) is 6.72. The summed E-state index contributed by atoms with van der Waals surface area (Å²) in [6.45, 7) is 3.83. The van der Waals surface area contributed by atoms with E-state index in [1.165, 1.54) is 11.8 Å². The summed E-state index contributed by atoms with van der Waals surface area (Å²) < 4.78 is 2.19. The predicted molar refractivity (Wildman–Crippen MR) is 101 cm³/mol. The van der Waals surface area contributed by atoms with Crippen molar-refractivity contribution in [3.63, 3.8) is 0 Å². The minimum Gasteiger partial charge on any atom is -0.481 e. The average Bonchev–Trinajstić information content (AvgIpc) is 2.92. The topological polar surface area (TPSA) is 85.1 Å². The maximum Gasteiger partial charge on any atom is 0.303 e. The Hall–Kier alpha value is -1.41. The highest BCUT2D eigenvalue weighted by molar-refractivity contribution is 9.10. The normalized spacial score (nSPS) is 23.3. The third-order valence-corrected chi connectivity index (χ3v) is 6.69. The zero-order valence-corrected chi connectivity index (χ0v) is 16.8. The Morgan fingerprint density at radius 2 is 2.28 bits per heavy atom. The number of carboxylic acids is 1. The molecule has 0 spiro atoms. The van der Waals surface area contributed by atoms with E-state index in [-0.39, 0.29) is 18.0 Å². The number of carboxylic acid groups (broad SMARTS) is 1. The van der Waals surface area contributed by atoms with Gasteiger partial charge in [0.25, 0.3) is 5.56 Å². The van der Waals surface area contributed by atoms with Crippen LogP contribution in [0.5, 0.6) is 0 Å². The number of aliphatic carboxylic acids is 1. The van der Waals surface area contributed by atoms with E-state index in [0.29, 0.717) is 15.3 Å². The molecule has 0 bridgehead atoms. The van der Waals surface area contributed by atoms with E-state index >= 15 is 0 Å². The highest BCUT2D eigenvalue weighted by Crippen LogP contribution is 2.49. The SMILES string of the molecule is CSc1ncc2c(C)c(Br)c(=O)n(C3CCCC3(C)CC(=O)O)c2n1. The zero-order chi connectivity index (χ0) is 18.4. The average molecular weight is 426 g/mol. The van der Waals surface area contributed by atoms with Crippen LogP contribution in [0.4, 0.5) is 0 Å². The molecule has 134 valence electrons. The quantitative estimate of drug-likeness (QED) is 0.592. The number of aromatic nitrogens is 3. The Balaban J connectivity index is 2.31. The maximum atomic E-state index is 13.1. The van der Waals surface area contributed by atoms with Gasteiger partial charge in [-0.15, -0.1) is 0 Å². The Labute approximate surface area is 158 Å². The van der Waals surface area contributed by atoms with Gasteiger partial charge in [-0.25, -0.2) is 9.97 Å². The first-order valence-electron chi connectivity index (χ1n) is 8.11. The van der Waals surface area contributed by atoms with Crippen LogP contribution in [0.3, 0.4) is 0 Å². The fourth-order valence-corrected chi connectivity index (χ4v) is 4.62. The number of hydrogen-bond donors (Lipinski definition) is 1. The van der Waals surface area contributed by atoms with Crippen LogP contribution in [0.25, 0.3) is 11.0 Å². The summed E-state index contributed by atoms with van der Waals surface area (Å²) in [5.74, 6) is -0.836. The molecule has 1 saturated carbocycles. The van der Waals surface area contributed by atoms with Gasteiger partial charge in [0.1, 0.15) is 5.65 Å². The number of aryl methyl sites for hydroxylation is 1. The largest absolute Gasteiger partial charge is 0.481 e. The molecule has 2 unspecified atom stereocenters. The van der Waals surface area contributed by atoms with E-state index in [0.717, 1.165) is 30.2 Å². The number of pyridine rings is 1. The minimum absolute atomic E-state index is 0.0392. The molecule has 1 N–H and O–H groups in total. The standard InChI is InChI=1S/C17H20BrN3O3S/c1-9-10-8-19-16(25-3)20-14(10)21(15(24)13(9)18)11-5-4-6-17(11,2)7-12(22)23/h8,11H,4-7H2,1-3H3,(H,22,23). The molecule has 0 aliphatic heterocycles. The molecule has 0 saturated heterocycles. The van der Waals surface area contributed by atoms with Crippen molar-refractivity contribution in [3.05, 3.63) is 26.6 Å². The predicted octanol–water partition coefficient (Wildman–Crippen LogP) is 3.79. The lowest BCUT2D eigenvalue weighted by atomic mass is 9.81. The van der Waals surface area contributed by atoms with Crippen LogP contribution >= 0.6 is 27.7 Å². The molecule has 0 aromatic carbocycles. The van der Waals surface area contributed by atoms with Crippen molar-refractivity contribution in [1.82, 2.24) is 14.5 Å². The first-order valence-corrected chi connectivity index (χ1v) is 10.1. The van der Waals surface area contributed by atoms with E-state index in [4.69, 9.17) is 0 Å². The van der Waals surface area contributed by atoms with E-state index in [1.54, 1.807) is 10.8 Å². The number of nitrogens with zero attached hydrogens (tertiary/aromatic N) is 3. The van der Waals surface area contributed by atoms with Gasteiger partial charge in [-0.2, -0.15) is 0 Å². The molecule has 2 atom stereocenters. The van der Waals surface area contributed by atoms with Crippen molar-refractivity contribution in [2.24, 2.45) is 5.41 Å². The summed E-state index contributed by atoms with van der Waals surface area (Å²) >= 11 is 4.83. The molecule has 6 nitrogen and oxygen atoms in total. The molecule has 3 rings (SSSR count). The van der Waals surface area contributed by atoms with Crippen LogP contribution in [0.15, 0.2) is 20.6 Å². The molecule has 1 aliphatic rings. The van der Waals surface area contributed by atoms with Gasteiger partial charge in [0, 0.05) is 17.6 Å². The number of carbonyl (C=O) groups is 1. The molecule has 0 amide bonds. The highest BCUT2D eigenvalue weighted by Gasteiger charge is 2.43. The monoisotopic (exact) mass is 425 g/mol. The molecule has 25 heavy (non-hydrogen) atoms. The molecule has 2 aromatic rings. The molecule has 1 fully saturated rings. The van der Waals surface area contributed by atoms with Crippen LogP contribution in [-0.4, -0.2) is 31.9 Å². The third-order valence-electron chi connectivity index (χ3n) is 5.19. The molecule has 8 heteroatoms. The number of rotatable bonds is 4. The van der Waals surface area contributed by atoms with E-state index in [1.807, 2.05) is 20.1 Å². The highest BCUT2D eigenvalue weighted by atomic mass is 79.9. The van der Waals surface area contributed by atoms with Gasteiger partial charge < -0.3 is 5.11 Å². The van der Waals surface area contributed by atoms with Crippen molar-refractivity contribution in [1.29, 1.82) is 0 Å². The number of thioether (sulfide) groups is 1. The smallest absolute Gasteiger partial charge is 0.303 e. The van der Waals surface area contributed by atoms with Gasteiger partial charge in [0.05, 0.1) is 10.9 Å². The lowest BCUT2D eigenvalue weighted by Gasteiger charge is -2.32. The van der Waals surface area contributed by atoms with Crippen LogP contribution < -0.4 is 5.56 Å². The molecule has 2 aromatic heterocycles. The van der Waals surface area contributed by atoms with E-state index in [9.17, 15) is 14.7 Å². The zero-order valence-electron chi connectivity index (χ0n) is 14.4. The van der Waals surface area contributed by atoms with Gasteiger partial charge in [0.15, 0.2) is 5.16 Å². The Morgan fingerprint density at radius 1 is 1.56 bits per heavy atom. The molecular weight excluding hydrogens is 406 g/mol. The Bertz CT molecular complexity index is 914. The fraction of sp³-hybridized carbons (Fsp3) is 0.529. The summed E-state index contributed by atoms with van der Waals surface area (Å²) in [5.41, 5.74) is 0.775.